The summed E-state index contributed by atoms with van der Waals surface area (Å²) < 4.78 is 62.2. The lowest BCUT2D eigenvalue weighted by Gasteiger charge is -2.30. The molecule has 2 heterocycles. The molecule has 212 valence electrons. The van der Waals surface area contributed by atoms with Crippen LogP contribution in [0.4, 0.5) is 18.0 Å². The van der Waals surface area contributed by atoms with E-state index in [1.165, 1.54) is 37.8 Å². The number of methoxy groups -OCH3 is 1. The van der Waals surface area contributed by atoms with Crippen LogP contribution in [0.1, 0.15) is 54.2 Å². The van der Waals surface area contributed by atoms with Crippen molar-refractivity contribution in [2.24, 2.45) is 0 Å². The quantitative estimate of drug-likeness (QED) is 0.295. The number of furan rings is 1. The van der Waals surface area contributed by atoms with Gasteiger partial charge in [-0.25, -0.2) is 9.59 Å². The number of esters is 1. The topological polar surface area (TPSA) is 78.2 Å². The number of ether oxygens (including phenoxy) is 3. The summed E-state index contributed by atoms with van der Waals surface area (Å²) in [6, 6.07) is 10.0. The second-order valence-corrected chi connectivity index (χ2v) is 10.2. The lowest BCUT2D eigenvalue weighted by Crippen LogP contribution is -2.39. The lowest BCUT2D eigenvalue weighted by molar-refractivity contribution is -0.139. The van der Waals surface area contributed by atoms with Gasteiger partial charge in [0, 0.05) is 18.7 Å². The van der Waals surface area contributed by atoms with E-state index in [2.05, 4.69) is 0 Å². The van der Waals surface area contributed by atoms with Crippen molar-refractivity contribution in [2.75, 3.05) is 20.2 Å². The van der Waals surface area contributed by atoms with Crippen LogP contribution in [0.15, 0.2) is 65.5 Å². The third-order valence-electron chi connectivity index (χ3n) is 6.26. The monoisotopic (exact) mass is 557 g/mol. The van der Waals surface area contributed by atoms with Crippen LogP contribution in [-0.4, -0.2) is 42.8 Å². The van der Waals surface area contributed by atoms with Crippen molar-refractivity contribution in [1.82, 2.24) is 4.90 Å². The number of alkyl halides is 3. The molecule has 0 fully saturated rings. The molecule has 0 bridgehead atoms. The van der Waals surface area contributed by atoms with Gasteiger partial charge in [-0.15, -0.1) is 0 Å². The molecule has 0 spiro atoms. The van der Waals surface area contributed by atoms with E-state index in [9.17, 15) is 22.8 Å². The zero-order chi connectivity index (χ0) is 29.1. The Labute approximate surface area is 230 Å². The van der Waals surface area contributed by atoms with Gasteiger partial charge in [0.25, 0.3) is 0 Å². The Balaban J connectivity index is 1.74. The van der Waals surface area contributed by atoms with Gasteiger partial charge in [0.05, 0.1) is 30.8 Å². The summed E-state index contributed by atoms with van der Waals surface area (Å²) in [6.07, 6.45) is 0.151. The fourth-order valence-corrected chi connectivity index (χ4v) is 4.39. The first-order valence-electron chi connectivity index (χ1n) is 12.6. The number of nitrogens with zero attached hydrogens (tertiary/aromatic N) is 1. The number of carbonyl (C=O) groups is 2. The van der Waals surface area contributed by atoms with Crippen molar-refractivity contribution < 1.29 is 41.4 Å². The first-order valence-corrected chi connectivity index (χ1v) is 12.6. The summed E-state index contributed by atoms with van der Waals surface area (Å²) in [5.41, 5.74) is 1.79. The van der Waals surface area contributed by atoms with Crippen LogP contribution in [0.3, 0.4) is 0 Å². The molecule has 0 radical (unpaired) electrons. The van der Waals surface area contributed by atoms with Gasteiger partial charge in [-0.3, -0.25) is 0 Å². The first kappa shape index (κ1) is 28.8. The minimum Gasteiger partial charge on any atom is -0.488 e. The molecule has 40 heavy (non-hydrogen) atoms. The zero-order valence-electron chi connectivity index (χ0n) is 22.6. The van der Waals surface area contributed by atoms with E-state index in [4.69, 9.17) is 18.6 Å². The lowest BCUT2D eigenvalue weighted by atomic mass is 9.89. The number of rotatable bonds is 6. The van der Waals surface area contributed by atoms with E-state index < -0.39 is 29.4 Å². The smallest absolute Gasteiger partial charge is 0.419 e. The average Bonchev–Trinajstić information content (AvgIpc) is 3.45. The van der Waals surface area contributed by atoms with Crippen LogP contribution in [0, 0.1) is 0 Å². The van der Waals surface area contributed by atoms with Crippen LogP contribution in [0.5, 0.6) is 5.75 Å². The molecule has 0 saturated carbocycles. The molecule has 1 aliphatic heterocycles. The Bertz CT molecular complexity index is 1400. The van der Waals surface area contributed by atoms with E-state index in [0.717, 1.165) is 11.6 Å². The van der Waals surface area contributed by atoms with Crippen molar-refractivity contribution in [2.45, 2.75) is 45.6 Å². The number of hydrogen-bond acceptors (Lipinski definition) is 6. The number of para-hydroxylation sites is 1. The molecule has 0 atom stereocenters. The molecular formula is C30H30F3NO6. The van der Waals surface area contributed by atoms with E-state index in [0.29, 0.717) is 35.2 Å². The highest BCUT2D eigenvalue weighted by molar-refractivity contribution is 5.98. The number of hydrogen-bond donors (Lipinski definition) is 0. The van der Waals surface area contributed by atoms with Crippen LogP contribution < -0.4 is 4.74 Å². The molecule has 0 saturated heterocycles. The Morgan fingerprint density at radius 1 is 1.05 bits per heavy atom. The van der Waals surface area contributed by atoms with Crippen LogP contribution >= 0.6 is 0 Å². The maximum Gasteiger partial charge on any atom is 0.419 e. The predicted molar refractivity (Wildman–Crippen MR) is 142 cm³/mol. The molecule has 7 nitrogen and oxygen atoms in total. The molecule has 0 aliphatic carbocycles. The van der Waals surface area contributed by atoms with Crippen LogP contribution in [0.25, 0.3) is 16.7 Å². The Morgan fingerprint density at radius 2 is 1.80 bits per heavy atom. The highest BCUT2D eigenvalue weighted by Crippen LogP contribution is 2.38. The number of amides is 1. The minimum absolute atomic E-state index is 0.206. The summed E-state index contributed by atoms with van der Waals surface area (Å²) in [4.78, 5) is 26.9. The van der Waals surface area contributed by atoms with Crippen molar-refractivity contribution in [3.05, 3.63) is 83.3 Å². The molecule has 0 N–H and O–H groups in total. The highest BCUT2D eigenvalue weighted by atomic mass is 19.4. The van der Waals surface area contributed by atoms with Gasteiger partial charge in [0.2, 0.25) is 0 Å². The van der Waals surface area contributed by atoms with Crippen molar-refractivity contribution in [3.63, 3.8) is 0 Å². The fourth-order valence-electron chi connectivity index (χ4n) is 4.39. The number of carbonyl (C=O) groups excluding carboxylic acids is 2. The maximum absolute atomic E-state index is 13.6. The van der Waals surface area contributed by atoms with Gasteiger partial charge in [-0.2, -0.15) is 13.2 Å². The summed E-state index contributed by atoms with van der Waals surface area (Å²) in [7, 11) is 1.27. The molecule has 4 rings (SSSR count). The van der Waals surface area contributed by atoms with Gasteiger partial charge >= 0.3 is 18.2 Å². The van der Waals surface area contributed by atoms with Crippen LogP contribution in [0.2, 0.25) is 0 Å². The van der Waals surface area contributed by atoms with Gasteiger partial charge in [-0.1, -0.05) is 18.2 Å². The molecule has 0 unspecified atom stereocenters. The van der Waals surface area contributed by atoms with Crippen LogP contribution in [-0.2, 0) is 22.3 Å². The fraction of sp³-hybridized carbons (Fsp3) is 0.333. The Kier molecular flexibility index (Phi) is 8.27. The number of halogens is 3. The predicted octanol–water partition coefficient (Wildman–Crippen LogP) is 7.36. The van der Waals surface area contributed by atoms with E-state index >= 15 is 0 Å². The van der Waals surface area contributed by atoms with Crippen molar-refractivity contribution in [3.8, 4) is 16.9 Å². The third kappa shape index (κ3) is 6.67. The maximum atomic E-state index is 13.6. The second-order valence-electron chi connectivity index (χ2n) is 10.2. The standard InChI is InChI=1S/C30H30F3NO6/c1-29(2,3)40-28(36)34-12-9-19(10-13-34)22-16-24(27(35)37-4)23(20-11-14-38-17-20)15-21(22)18-39-26-8-6-5-7-25(26)30(31,32)33/h5-9,11,14-17H,10,12-13,18H2,1-4H3. The molecule has 2 aromatic carbocycles. The van der Waals surface area contributed by atoms with Crippen molar-refractivity contribution >= 4 is 17.6 Å². The first-order chi connectivity index (χ1) is 18.9. The highest BCUT2D eigenvalue weighted by Gasteiger charge is 2.34. The molecule has 1 aromatic heterocycles. The Hall–Kier alpha value is -4.21. The summed E-state index contributed by atoms with van der Waals surface area (Å²) in [5, 5.41) is 0. The Morgan fingerprint density at radius 3 is 2.40 bits per heavy atom. The van der Waals surface area contributed by atoms with Gasteiger partial charge in [-0.05, 0) is 79.8 Å². The molecule has 1 amide bonds. The molecule has 1 aliphatic rings. The number of benzene rings is 2. The van der Waals surface area contributed by atoms with E-state index in [1.807, 2.05) is 6.08 Å². The minimum atomic E-state index is -4.59. The molecular weight excluding hydrogens is 527 g/mol. The second kappa shape index (κ2) is 11.5. The van der Waals surface area contributed by atoms with Gasteiger partial charge in [0.1, 0.15) is 18.0 Å². The zero-order valence-corrected chi connectivity index (χ0v) is 22.6. The van der Waals surface area contributed by atoms with Gasteiger partial charge < -0.3 is 23.5 Å². The molecule has 10 heteroatoms. The third-order valence-corrected chi connectivity index (χ3v) is 6.26. The van der Waals surface area contributed by atoms with E-state index in [1.54, 1.807) is 43.9 Å². The van der Waals surface area contributed by atoms with Crippen molar-refractivity contribution in [1.29, 1.82) is 0 Å². The summed E-state index contributed by atoms with van der Waals surface area (Å²) in [5.74, 6) is -0.893. The SMILES string of the molecule is COC(=O)c1cc(C2=CCN(C(=O)OC(C)(C)C)CC2)c(COc2ccccc2C(F)(F)F)cc1-c1ccoc1. The molecule has 3 aromatic rings. The average molecular weight is 558 g/mol. The summed E-state index contributed by atoms with van der Waals surface area (Å²) in [6.45, 7) is 5.77. The van der Waals surface area contributed by atoms with Gasteiger partial charge in [0.15, 0.2) is 0 Å². The normalized spacial score (nSPS) is 14.0. The largest absolute Gasteiger partial charge is 0.488 e. The summed E-state index contributed by atoms with van der Waals surface area (Å²) >= 11 is 0. The van der Waals surface area contributed by atoms with E-state index in [-0.39, 0.29) is 24.5 Å².